The third kappa shape index (κ3) is 4.01. The highest BCUT2D eigenvalue weighted by molar-refractivity contribution is 5.85. The molecule has 1 heterocycles. The maximum Gasteiger partial charge on any atom is 0.312 e. The minimum absolute atomic E-state index is 0. The Morgan fingerprint density at radius 1 is 1.04 bits per heavy atom. The molecule has 0 aliphatic carbocycles. The first-order chi connectivity index (χ1) is 10.8. The number of halogens is 1. The second-order valence-corrected chi connectivity index (χ2v) is 5.50. The number of rotatable bonds is 4. The number of carboxylic acids is 1. The van der Waals surface area contributed by atoms with E-state index in [0.717, 1.165) is 29.7 Å². The van der Waals surface area contributed by atoms with Gasteiger partial charge in [-0.1, -0.05) is 66.7 Å². The van der Waals surface area contributed by atoms with Crippen molar-refractivity contribution in [1.29, 1.82) is 0 Å². The van der Waals surface area contributed by atoms with Crippen LogP contribution in [0.15, 0.2) is 66.7 Å². The number of aliphatic carboxylic acids is 1. The molecule has 120 valence electrons. The van der Waals surface area contributed by atoms with Crippen LogP contribution in [-0.4, -0.2) is 23.7 Å². The largest absolute Gasteiger partial charge is 0.481 e. The summed E-state index contributed by atoms with van der Waals surface area (Å²) in [5.41, 5.74) is 3.06. The number of nitrogens with one attached hydrogen (secondary N) is 1. The highest BCUT2D eigenvalue weighted by Crippen LogP contribution is 2.26. The van der Waals surface area contributed by atoms with Gasteiger partial charge in [-0.2, -0.15) is 0 Å². The number of benzene rings is 2. The van der Waals surface area contributed by atoms with Crippen LogP contribution < -0.4 is 5.32 Å². The van der Waals surface area contributed by atoms with Gasteiger partial charge in [-0.3, -0.25) is 4.79 Å². The Balaban J connectivity index is 0.00000192. The van der Waals surface area contributed by atoms with Crippen molar-refractivity contribution < 1.29 is 9.90 Å². The summed E-state index contributed by atoms with van der Waals surface area (Å²) < 4.78 is 0. The summed E-state index contributed by atoms with van der Waals surface area (Å²) >= 11 is 0. The van der Waals surface area contributed by atoms with Gasteiger partial charge in [0.15, 0.2) is 0 Å². The van der Waals surface area contributed by atoms with Crippen molar-refractivity contribution in [3.63, 3.8) is 0 Å². The van der Waals surface area contributed by atoms with Crippen molar-refractivity contribution in [3.8, 4) is 11.1 Å². The summed E-state index contributed by atoms with van der Waals surface area (Å²) in [6.07, 6.45) is 4.97. The van der Waals surface area contributed by atoms with Crippen molar-refractivity contribution in [3.05, 3.63) is 72.3 Å². The smallest absolute Gasteiger partial charge is 0.312 e. The molecule has 0 amide bonds. The fourth-order valence-electron chi connectivity index (χ4n) is 2.89. The maximum atomic E-state index is 11.7. The molecule has 0 unspecified atom stereocenters. The van der Waals surface area contributed by atoms with Gasteiger partial charge in [0.05, 0.1) is 0 Å². The Morgan fingerprint density at radius 2 is 1.70 bits per heavy atom. The summed E-state index contributed by atoms with van der Waals surface area (Å²) in [7, 11) is 0. The summed E-state index contributed by atoms with van der Waals surface area (Å²) in [4.78, 5) is 11.7. The van der Waals surface area contributed by atoms with E-state index in [0.29, 0.717) is 0 Å². The lowest BCUT2D eigenvalue weighted by atomic mass is 9.89. The van der Waals surface area contributed by atoms with E-state index in [-0.39, 0.29) is 18.4 Å². The Morgan fingerprint density at radius 3 is 2.26 bits per heavy atom. The summed E-state index contributed by atoms with van der Waals surface area (Å²) in [6.45, 7) is 0.826. The topological polar surface area (TPSA) is 49.3 Å². The lowest BCUT2D eigenvalue weighted by molar-refractivity contribution is -0.139. The van der Waals surface area contributed by atoms with E-state index in [9.17, 15) is 9.90 Å². The Kier molecular flexibility index (Phi) is 5.97. The van der Waals surface area contributed by atoms with Gasteiger partial charge < -0.3 is 10.4 Å². The number of carbonyl (C=O) groups is 1. The average Bonchev–Trinajstić information content (AvgIpc) is 2.57. The minimum atomic E-state index is -0.795. The van der Waals surface area contributed by atoms with Crippen LogP contribution in [0.25, 0.3) is 11.1 Å². The van der Waals surface area contributed by atoms with E-state index in [2.05, 4.69) is 23.5 Å². The molecule has 1 aliphatic rings. The lowest BCUT2D eigenvalue weighted by Gasteiger charge is -2.25. The van der Waals surface area contributed by atoms with Gasteiger partial charge in [-0.15, -0.1) is 12.4 Å². The van der Waals surface area contributed by atoms with Crippen molar-refractivity contribution in [1.82, 2.24) is 5.32 Å². The molecule has 0 fully saturated rings. The second kappa shape index (κ2) is 7.95. The van der Waals surface area contributed by atoms with Gasteiger partial charge in [0.2, 0.25) is 0 Å². The van der Waals surface area contributed by atoms with Gasteiger partial charge in [0.25, 0.3) is 0 Å². The molecule has 2 aromatic rings. The fraction of sp³-hybridized carbons (Fsp3) is 0.211. The van der Waals surface area contributed by atoms with Crippen LogP contribution in [0, 0.1) is 0 Å². The number of hydrogen-bond donors (Lipinski definition) is 2. The van der Waals surface area contributed by atoms with Crippen molar-refractivity contribution in [2.24, 2.45) is 0 Å². The van der Waals surface area contributed by atoms with E-state index >= 15 is 0 Å². The molecule has 0 aromatic heterocycles. The van der Waals surface area contributed by atoms with E-state index in [4.69, 9.17) is 0 Å². The maximum absolute atomic E-state index is 11.7. The zero-order chi connectivity index (χ0) is 15.4. The second-order valence-electron chi connectivity index (χ2n) is 5.50. The van der Waals surface area contributed by atoms with Gasteiger partial charge >= 0.3 is 5.97 Å². The SMILES string of the molecule is Cl.O=C(O)[C@@H](c1ccc(-c2ccccc2)cc1)[C@@H]1C=CCCN1. The molecule has 2 N–H and O–H groups in total. The van der Waals surface area contributed by atoms with Crippen LogP contribution in [0.3, 0.4) is 0 Å². The van der Waals surface area contributed by atoms with E-state index in [1.54, 1.807) is 0 Å². The zero-order valence-corrected chi connectivity index (χ0v) is 13.5. The van der Waals surface area contributed by atoms with Crippen molar-refractivity contribution >= 4 is 18.4 Å². The Labute approximate surface area is 142 Å². The third-order valence-electron chi connectivity index (χ3n) is 4.04. The Hall–Kier alpha value is -2.10. The minimum Gasteiger partial charge on any atom is -0.481 e. The first-order valence-electron chi connectivity index (χ1n) is 7.54. The Bertz CT molecular complexity index is 668. The highest BCUT2D eigenvalue weighted by Gasteiger charge is 2.28. The van der Waals surface area contributed by atoms with E-state index < -0.39 is 11.9 Å². The van der Waals surface area contributed by atoms with Gasteiger partial charge in [0, 0.05) is 6.04 Å². The highest BCUT2D eigenvalue weighted by atomic mass is 35.5. The van der Waals surface area contributed by atoms with Gasteiger partial charge in [-0.25, -0.2) is 0 Å². The van der Waals surface area contributed by atoms with Crippen molar-refractivity contribution in [2.75, 3.05) is 6.54 Å². The molecule has 0 spiro atoms. The predicted octanol–water partition coefficient (Wildman–Crippen LogP) is 3.86. The molecule has 1 aliphatic heterocycles. The zero-order valence-electron chi connectivity index (χ0n) is 12.7. The summed E-state index contributed by atoms with van der Waals surface area (Å²) in [5, 5.41) is 12.9. The first-order valence-corrected chi connectivity index (χ1v) is 7.54. The summed E-state index contributed by atoms with van der Waals surface area (Å²) in [5.74, 6) is -1.35. The molecule has 0 bridgehead atoms. The third-order valence-corrected chi connectivity index (χ3v) is 4.04. The van der Waals surface area contributed by atoms with Crippen LogP contribution >= 0.6 is 12.4 Å². The molecular weight excluding hydrogens is 310 g/mol. The standard InChI is InChI=1S/C19H19NO2.ClH/c21-19(22)18(17-8-4-5-13-20-17)16-11-9-15(10-12-16)14-6-2-1-3-7-14;/h1-4,6-12,17-18,20H,5,13H2,(H,21,22);1H/t17-,18-;/m0./s1. The molecular formula is C19H20ClNO2. The number of hydrogen-bond acceptors (Lipinski definition) is 2. The normalized spacial score (nSPS) is 18.0. The van der Waals surface area contributed by atoms with Crippen LogP contribution in [0.5, 0.6) is 0 Å². The van der Waals surface area contributed by atoms with Gasteiger partial charge in [-0.05, 0) is 29.7 Å². The monoisotopic (exact) mass is 329 g/mol. The summed E-state index contributed by atoms with van der Waals surface area (Å²) in [6, 6.07) is 17.8. The molecule has 0 saturated carbocycles. The first kappa shape index (κ1) is 17.3. The molecule has 2 aromatic carbocycles. The molecule has 2 atom stereocenters. The average molecular weight is 330 g/mol. The number of carboxylic acid groups (broad SMARTS) is 1. The fourth-order valence-corrected chi connectivity index (χ4v) is 2.89. The molecule has 0 saturated heterocycles. The predicted molar refractivity (Wildman–Crippen MR) is 95.1 cm³/mol. The molecule has 4 heteroatoms. The van der Waals surface area contributed by atoms with E-state index in [1.165, 1.54) is 0 Å². The quantitative estimate of drug-likeness (QED) is 0.837. The lowest BCUT2D eigenvalue weighted by Crippen LogP contribution is -2.39. The van der Waals surface area contributed by atoms with Crippen LogP contribution in [0.4, 0.5) is 0 Å². The van der Waals surface area contributed by atoms with E-state index in [1.807, 2.05) is 48.5 Å². The van der Waals surface area contributed by atoms with Crippen molar-refractivity contribution in [2.45, 2.75) is 18.4 Å². The molecule has 3 nitrogen and oxygen atoms in total. The molecule has 23 heavy (non-hydrogen) atoms. The molecule has 3 rings (SSSR count). The van der Waals surface area contributed by atoms with Crippen LogP contribution in [0.2, 0.25) is 0 Å². The van der Waals surface area contributed by atoms with Crippen LogP contribution in [-0.2, 0) is 4.79 Å². The van der Waals surface area contributed by atoms with Crippen LogP contribution in [0.1, 0.15) is 17.9 Å². The molecule has 0 radical (unpaired) electrons. The van der Waals surface area contributed by atoms with Gasteiger partial charge in [0.1, 0.15) is 5.92 Å².